The maximum absolute atomic E-state index is 13.4. The summed E-state index contributed by atoms with van der Waals surface area (Å²) in [5, 5.41) is 13.0. The van der Waals surface area contributed by atoms with Crippen molar-refractivity contribution in [3.63, 3.8) is 0 Å². The van der Waals surface area contributed by atoms with Gasteiger partial charge in [0.25, 0.3) is 0 Å². The van der Waals surface area contributed by atoms with Crippen LogP contribution in [0.1, 0.15) is 24.5 Å². The second kappa shape index (κ2) is 6.27. The molecule has 18 heavy (non-hydrogen) atoms. The molecule has 2 rings (SSSR count). The summed E-state index contributed by atoms with van der Waals surface area (Å²) in [7, 11) is 2.12. The monoisotopic (exact) mass is 252 g/mol. The largest absolute Gasteiger partial charge is 0.387 e. The van der Waals surface area contributed by atoms with Crippen molar-refractivity contribution >= 4 is 0 Å². The van der Waals surface area contributed by atoms with Crippen LogP contribution in [0.3, 0.4) is 0 Å². The van der Waals surface area contributed by atoms with Crippen LogP contribution >= 0.6 is 0 Å². The van der Waals surface area contributed by atoms with E-state index in [1.165, 1.54) is 18.9 Å². The van der Waals surface area contributed by atoms with Gasteiger partial charge >= 0.3 is 0 Å². The zero-order valence-corrected chi connectivity index (χ0v) is 10.8. The molecule has 100 valence electrons. The first-order chi connectivity index (χ1) is 8.68. The SMILES string of the molecule is CN(CCNCC(O)c1ccccc1F)C1CC1. The quantitative estimate of drug-likeness (QED) is 0.723. The zero-order valence-electron chi connectivity index (χ0n) is 10.8. The summed E-state index contributed by atoms with van der Waals surface area (Å²) in [6, 6.07) is 7.12. The summed E-state index contributed by atoms with van der Waals surface area (Å²) < 4.78 is 13.4. The van der Waals surface area contributed by atoms with E-state index in [0.29, 0.717) is 12.1 Å². The summed E-state index contributed by atoms with van der Waals surface area (Å²) in [6.07, 6.45) is 1.82. The number of nitrogens with zero attached hydrogens (tertiary/aromatic N) is 1. The number of likely N-dealkylation sites (N-methyl/N-ethyl adjacent to an activating group) is 1. The van der Waals surface area contributed by atoms with Crippen molar-refractivity contribution in [1.82, 2.24) is 10.2 Å². The molecule has 0 radical (unpaired) electrons. The first kappa shape index (κ1) is 13.5. The summed E-state index contributed by atoms with van der Waals surface area (Å²) >= 11 is 0. The van der Waals surface area contributed by atoms with Crippen molar-refractivity contribution in [2.45, 2.75) is 25.0 Å². The van der Waals surface area contributed by atoms with Crippen molar-refractivity contribution in [2.75, 3.05) is 26.7 Å². The molecule has 1 aromatic rings. The molecule has 0 heterocycles. The highest BCUT2D eigenvalue weighted by Crippen LogP contribution is 2.24. The Balaban J connectivity index is 1.68. The third kappa shape index (κ3) is 3.77. The Morgan fingerprint density at radius 1 is 1.44 bits per heavy atom. The molecule has 1 atom stereocenters. The number of aliphatic hydroxyl groups excluding tert-OH is 1. The molecule has 0 spiro atoms. The van der Waals surface area contributed by atoms with Crippen molar-refractivity contribution in [3.8, 4) is 0 Å². The maximum atomic E-state index is 13.4. The van der Waals surface area contributed by atoms with Crippen molar-refractivity contribution in [3.05, 3.63) is 35.6 Å². The second-order valence-electron chi connectivity index (χ2n) is 4.95. The molecule has 0 saturated heterocycles. The first-order valence-corrected chi connectivity index (χ1v) is 6.52. The van der Waals surface area contributed by atoms with Gasteiger partial charge < -0.3 is 15.3 Å². The van der Waals surface area contributed by atoms with Crippen LogP contribution in [0, 0.1) is 5.82 Å². The Morgan fingerprint density at radius 2 is 2.17 bits per heavy atom. The molecule has 1 aliphatic carbocycles. The first-order valence-electron chi connectivity index (χ1n) is 6.52. The molecule has 1 saturated carbocycles. The highest BCUT2D eigenvalue weighted by atomic mass is 19.1. The Bertz CT molecular complexity index is 382. The average molecular weight is 252 g/mol. The van der Waals surface area contributed by atoms with Crippen molar-refractivity contribution < 1.29 is 9.50 Å². The lowest BCUT2D eigenvalue weighted by Crippen LogP contribution is -2.32. The van der Waals surface area contributed by atoms with Crippen LogP contribution in [0.25, 0.3) is 0 Å². The molecule has 3 nitrogen and oxygen atoms in total. The number of hydrogen-bond acceptors (Lipinski definition) is 3. The molecule has 1 aromatic carbocycles. The van der Waals surface area contributed by atoms with Gasteiger partial charge in [0.2, 0.25) is 0 Å². The van der Waals surface area contributed by atoms with Crippen LogP contribution in [-0.4, -0.2) is 42.7 Å². The molecule has 1 fully saturated rings. The minimum absolute atomic E-state index is 0.345. The van der Waals surface area contributed by atoms with Crippen LogP contribution in [0.2, 0.25) is 0 Å². The van der Waals surface area contributed by atoms with Crippen LogP contribution in [0.4, 0.5) is 4.39 Å². The molecule has 1 unspecified atom stereocenters. The number of halogens is 1. The van der Waals surface area contributed by atoms with Crippen molar-refractivity contribution in [1.29, 1.82) is 0 Å². The number of nitrogens with one attached hydrogen (secondary N) is 1. The molecular weight excluding hydrogens is 231 g/mol. The van der Waals surface area contributed by atoms with Gasteiger partial charge in [-0.15, -0.1) is 0 Å². The normalized spacial score (nSPS) is 17.1. The van der Waals surface area contributed by atoms with Gasteiger partial charge in [0, 0.05) is 31.2 Å². The molecule has 2 N–H and O–H groups in total. The summed E-state index contributed by atoms with van der Waals surface area (Å²) in [5.74, 6) is -0.345. The van der Waals surface area contributed by atoms with E-state index in [9.17, 15) is 9.50 Å². The summed E-state index contributed by atoms with van der Waals surface area (Å²) in [6.45, 7) is 2.17. The van der Waals surface area contributed by atoms with Crippen LogP contribution < -0.4 is 5.32 Å². The second-order valence-corrected chi connectivity index (χ2v) is 4.95. The predicted molar refractivity (Wildman–Crippen MR) is 69.9 cm³/mol. The van der Waals surface area contributed by atoms with Crippen molar-refractivity contribution in [2.24, 2.45) is 0 Å². The molecular formula is C14H21FN2O. The van der Waals surface area contributed by atoms with Gasteiger partial charge in [-0.2, -0.15) is 0 Å². The van der Waals surface area contributed by atoms with Crippen LogP contribution in [0.5, 0.6) is 0 Å². The average Bonchev–Trinajstić information content (AvgIpc) is 3.19. The smallest absolute Gasteiger partial charge is 0.129 e. The maximum Gasteiger partial charge on any atom is 0.129 e. The third-order valence-electron chi connectivity index (χ3n) is 3.41. The zero-order chi connectivity index (χ0) is 13.0. The highest BCUT2D eigenvalue weighted by Gasteiger charge is 2.25. The Kier molecular flexibility index (Phi) is 4.69. The Hall–Kier alpha value is -0.970. The molecule has 0 bridgehead atoms. The molecule has 0 aromatic heterocycles. The standard InChI is InChI=1S/C14H21FN2O/c1-17(11-6-7-11)9-8-16-10-14(18)12-4-2-3-5-13(12)15/h2-5,11,14,16,18H,6-10H2,1H3. The summed E-state index contributed by atoms with van der Waals surface area (Å²) in [5.41, 5.74) is 0.362. The van der Waals surface area contributed by atoms with Crippen LogP contribution in [0.15, 0.2) is 24.3 Å². The number of hydrogen-bond donors (Lipinski definition) is 2. The van der Waals surface area contributed by atoms with E-state index in [4.69, 9.17) is 0 Å². The molecule has 4 heteroatoms. The van der Waals surface area contributed by atoms with Crippen LogP contribution in [-0.2, 0) is 0 Å². The van der Waals surface area contributed by atoms with E-state index in [1.54, 1.807) is 18.2 Å². The lowest BCUT2D eigenvalue weighted by molar-refractivity contribution is 0.168. The third-order valence-corrected chi connectivity index (χ3v) is 3.41. The minimum Gasteiger partial charge on any atom is -0.387 e. The van der Waals surface area contributed by atoms with E-state index in [2.05, 4.69) is 17.3 Å². The van der Waals surface area contributed by atoms with Gasteiger partial charge in [-0.25, -0.2) is 4.39 Å². The topological polar surface area (TPSA) is 35.5 Å². The number of aliphatic hydroxyl groups is 1. The van der Waals surface area contributed by atoms with E-state index in [-0.39, 0.29) is 5.82 Å². The van der Waals surface area contributed by atoms with E-state index < -0.39 is 6.10 Å². The Labute approximate surface area is 108 Å². The van der Waals surface area contributed by atoms with Gasteiger partial charge in [0.15, 0.2) is 0 Å². The van der Waals surface area contributed by atoms with Gasteiger partial charge in [-0.05, 0) is 26.0 Å². The fraction of sp³-hybridized carbons (Fsp3) is 0.571. The molecule has 0 aliphatic heterocycles. The lowest BCUT2D eigenvalue weighted by atomic mass is 10.1. The number of rotatable bonds is 7. The van der Waals surface area contributed by atoms with E-state index in [0.717, 1.165) is 19.1 Å². The Morgan fingerprint density at radius 3 is 2.83 bits per heavy atom. The van der Waals surface area contributed by atoms with E-state index >= 15 is 0 Å². The summed E-state index contributed by atoms with van der Waals surface area (Å²) in [4.78, 5) is 2.32. The van der Waals surface area contributed by atoms with Gasteiger partial charge in [0.05, 0.1) is 6.10 Å². The van der Waals surface area contributed by atoms with Gasteiger partial charge in [-0.3, -0.25) is 0 Å². The highest BCUT2D eigenvalue weighted by molar-refractivity contribution is 5.19. The predicted octanol–water partition coefficient (Wildman–Crippen LogP) is 1.54. The molecule has 0 amide bonds. The van der Waals surface area contributed by atoms with Gasteiger partial charge in [-0.1, -0.05) is 18.2 Å². The lowest BCUT2D eigenvalue weighted by Gasteiger charge is -2.17. The fourth-order valence-electron chi connectivity index (χ4n) is 2.05. The fourth-order valence-corrected chi connectivity index (χ4v) is 2.05. The van der Waals surface area contributed by atoms with E-state index in [1.807, 2.05) is 0 Å². The number of benzene rings is 1. The minimum atomic E-state index is -0.780. The molecule has 1 aliphatic rings. The van der Waals surface area contributed by atoms with Gasteiger partial charge in [0.1, 0.15) is 5.82 Å².